The van der Waals surface area contributed by atoms with E-state index in [-0.39, 0.29) is 6.04 Å². The molecule has 0 heterocycles. The molecule has 4 unspecified atom stereocenters. The van der Waals surface area contributed by atoms with Crippen molar-refractivity contribution in [3.05, 3.63) is 0 Å². The smallest absolute Gasteiger partial charge is 0.0965 e. The molecule has 0 saturated heterocycles. The lowest BCUT2D eigenvalue weighted by molar-refractivity contribution is 0.0363. The fourth-order valence-corrected chi connectivity index (χ4v) is 1.09. The minimum atomic E-state index is -0.833. The van der Waals surface area contributed by atoms with Crippen LogP contribution in [0.15, 0.2) is 0 Å². The van der Waals surface area contributed by atoms with E-state index in [1.54, 1.807) is 0 Å². The molecule has 4 heteroatoms. The van der Waals surface area contributed by atoms with Crippen molar-refractivity contribution in [2.45, 2.75) is 30.7 Å². The third-order valence-electron chi connectivity index (χ3n) is 1.80. The zero-order valence-electron chi connectivity index (χ0n) is 5.07. The highest BCUT2D eigenvalue weighted by atomic mass is 16.3. The zero-order valence-corrected chi connectivity index (χ0v) is 5.07. The summed E-state index contributed by atoms with van der Waals surface area (Å²) in [6.07, 6.45) is -1.16. The van der Waals surface area contributed by atoms with E-state index in [0.717, 1.165) is 0 Å². The lowest BCUT2D eigenvalue weighted by atomic mass is 10.2. The summed E-state index contributed by atoms with van der Waals surface area (Å²) >= 11 is 0. The molecule has 1 fully saturated rings. The van der Waals surface area contributed by atoms with Gasteiger partial charge in [-0.25, -0.2) is 0 Å². The standard InChI is InChI=1S/C5H12N2O2/c6-2-1-3(8)5(9)4(2)7/h2-5,8-9H,1,6-7H2. The number of aliphatic hydroxyl groups excluding tert-OH is 2. The minimum absolute atomic E-state index is 0.255. The maximum absolute atomic E-state index is 8.98. The lowest BCUT2D eigenvalue weighted by Crippen LogP contribution is -2.43. The Labute approximate surface area is 53.5 Å². The molecule has 1 aliphatic carbocycles. The van der Waals surface area contributed by atoms with Gasteiger partial charge in [0.15, 0.2) is 0 Å². The molecule has 0 spiro atoms. The average Bonchev–Trinajstić information content (AvgIpc) is 1.98. The van der Waals surface area contributed by atoms with Gasteiger partial charge in [0, 0.05) is 12.1 Å². The molecule has 0 amide bonds. The van der Waals surface area contributed by atoms with Gasteiger partial charge in [-0.3, -0.25) is 0 Å². The van der Waals surface area contributed by atoms with Gasteiger partial charge in [0.1, 0.15) is 0 Å². The van der Waals surface area contributed by atoms with Gasteiger partial charge in [-0.15, -0.1) is 0 Å². The summed E-state index contributed by atoms with van der Waals surface area (Å²) in [5.41, 5.74) is 10.8. The summed E-state index contributed by atoms with van der Waals surface area (Å²) in [6, 6.07) is -0.713. The summed E-state index contributed by atoms with van der Waals surface area (Å²) in [5, 5.41) is 17.9. The van der Waals surface area contributed by atoms with Gasteiger partial charge in [-0.1, -0.05) is 0 Å². The Morgan fingerprint density at radius 3 is 1.89 bits per heavy atom. The van der Waals surface area contributed by atoms with Crippen LogP contribution in [-0.4, -0.2) is 34.5 Å². The molecule has 4 nitrogen and oxygen atoms in total. The highest BCUT2D eigenvalue weighted by Crippen LogP contribution is 2.16. The van der Waals surface area contributed by atoms with E-state index < -0.39 is 18.2 Å². The van der Waals surface area contributed by atoms with Gasteiger partial charge in [0.25, 0.3) is 0 Å². The van der Waals surface area contributed by atoms with Crippen LogP contribution in [0.4, 0.5) is 0 Å². The summed E-state index contributed by atoms with van der Waals surface area (Å²) in [5.74, 6) is 0. The van der Waals surface area contributed by atoms with E-state index in [1.807, 2.05) is 0 Å². The van der Waals surface area contributed by atoms with Crippen LogP contribution in [0, 0.1) is 0 Å². The van der Waals surface area contributed by atoms with Crippen LogP contribution in [-0.2, 0) is 0 Å². The van der Waals surface area contributed by atoms with Crippen molar-refractivity contribution in [3.8, 4) is 0 Å². The van der Waals surface area contributed by atoms with Gasteiger partial charge in [0.05, 0.1) is 12.2 Å². The molecule has 1 aliphatic rings. The topological polar surface area (TPSA) is 92.5 Å². The predicted octanol–water partition coefficient (Wildman–Crippen LogP) is -2.23. The quantitative estimate of drug-likeness (QED) is 0.300. The van der Waals surface area contributed by atoms with E-state index in [0.29, 0.717) is 6.42 Å². The molecule has 0 aromatic carbocycles. The number of nitrogens with two attached hydrogens (primary N) is 2. The first kappa shape index (κ1) is 6.95. The van der Waals surface area contributed by atoms with Crippen molar-refractivity contribution in [1.29, 1.82) is 0 Å². The molecule has 54 valence electrons. The van der Waals surface area contributed by atoms with Gasteiger partial charge in [-0.05, 0) is 6.42 Å². The normalized spacial score (nSPS) is 52.0. The van der Waals surface area contributed by atoms with Crippen molar-refractivity contribution < 1.29 is 10.2 Å². The van der Waals surface area contributed by atoms with Crippen LogP contribution in [0.5, 0.6) is 0 Å². The van der Waals surface area contributed by atoms with E-state index in [2.05, 4.69) is 0 Å². The van der Waals surface area contributed by atoms with Crippen molar-refractivity contribution in [3.63, 3.8) is 0 Å². The maximum atomic E-state index is 8.98. The second kappa shape index (κ2) is 2.22. The molecular weight excluding hydrogens is 120 g/mol. The van der Waals surface area contributed by atoms with Crippen molar-refractivity contribution in [2.75, 3.05) is 0 Å². The van der Waals surface area contributed by atoms with E-state index in [1.165, 1.54) is 0 Å². The van der Waals surface area contributed by atoms with Crippen LogP contribution in [0.3, 0.4) is 0 Å². The Kier molecular flexibility index (Phi) is 1.72. The Morgan fingerprint density at radius 1 is 1.22 bits per heavy atom. The number of aliphatic hydroxyl groups is 2. The molecule has 0 aliphatic heterocycles. The van der Waals surface area contributed by atoms with E-state index in [9.17, 15) is 0 Å². The van der Waals surface area contributed by atoms with E-state index in [4.69, 9.17) is 21.7 Å². The molecule has 4 atom stereocenters. The summed E-state index contributed by atoms with van der Waals surface area (Å²) < 4.78 is 0. The van der Waals surface area contributed by atoms with Crippen LogP contribution in [0.2, 0.25) is 0 Å². The van der Waals surface area contributed by atoms with Crippen molar-refractivity contribution >= 4 is 0 Å². The maximum Gasteiger partial charge on any atom is 0.0965 e. The first-order chi connectivity index (χ1) is 4.13. The number of hydrogen-bond acceptors (Lipinski definition) is 4. The first-order valence-corrected chi connectivity index (χ1v) is 3.00. The molecular formula is C5H12N2O2. The summed E-state index contributed by atoms with van der Waals surface area (Å²) in [7, 11) is 0. The Morgan fingerprint density at radius 2 is 1.78 bits per heavy atom. The Bertz CT molecular complexity index is 97.1. The molecule has 6 N–H and O–H groups in total. The monoisotopic (exact) mass is 132 g/mol. The lowest BCUT2D eigenvalue weighted by Gasteiger charge is -2.12. The van der Waals surface area contributed by atoms with E-state index >= 15 is 0 Å². The van der Waals surface area contributed by atoms with Crippen LogP contribution < -0.4 is 11.5 Å². The predicted molar refractivity (Wildman–Crippen MR) is 32.6 cm³/mol. The minimum Gasteiger partial charge on any atom is -0.390 e. The van der Waals surface area contributed by atoms with Gasteiger partial charge < -0.3 is 21.7 Å². The molecule has 0 radical (unpaired) electrons. The second-order valence-electron chi connectivity index (χ2n) is 2.53. The largest absolute Gasteiger partial charge is 0.390 e. The first-order valence-electron chi connectivity index (χ1n) is 3.00. The van der Waals surface area contributed by atoms with Gasteiger partial charge in [-0.2, -0.15) is 0 Å². The Balaban J connectivity index is 2.54. The van der Waals surface area contributed by atoms with Gasteiger partial charge in [0.2, 0.25) is 0 Å². The second-order valence-corrected chi connectivity index (χ2v) is 2.53. The highest BCUT2D eigenvalue weighted by Gasteiger charge is 2.36. The molecule has 1 rings (SSSR count). The number of rotatable bonds is 0. The fourth-order valence-electron chi connectivity index (χ4n) is 1.09. The molecule has 9 heavy (non-hydrogen) atoms. The average molecular weight is 132 g/mol. The van der Waals surface area contributed by atoms with Gasteiger partial charge >= 0.3 is 0 Å². The third-order valence-corrected chi connectivity index (χ3v) is 1.80. The molecule has 0 bridgehead atoms. The number of hydrogen-bond donors (Lipinski definition) is 4. The SMILES string of the molecule is NC1CC(O)C(O)C1N. The van der Waals surface area contributed by atoms with Crippen LogP contribution in [0.1, 0.15) is 6.42 Å². The zero-order chi connectivity index (χ0) is 7.02. The van der Waals surface area contributed by atoms with Crippen molar-refractivity contribution in [1.82, 2.24) is 0 Å². The fraction of sp³-hybridized carbons (Fsp3) is 1.00. The van der Waals surface area contributed by atoms with Crippen LogP contribution >= 0.6 is 0 Å². The molecule has 0 aromatic heterocycles. The van der Waals surface area contributed by atoms with Crippen molar-refractivity contribution in [2.24, 2.45) is 11.5 Å². The summed E-state index contributed by atoms with van der Waals surface area (Å²) in [6.45, 7) is 0. The molecule has 1 saturated carbocycles. The molecule has 0 aromatic rings. The highest BCUT2D eigenvalue weighted by molar-refractivity contribution is 4.96. The summed E-state index contributed by atoms with van der Waals surface area (Å²) in [4.78, 5) is 0. The van der Waals surface area contributed by atoms with Crippen LogP contribution in [0.25, 0.3) is 0 Å². The third kappa shape index (κ3) is 1.07. The Hall–Kier alpha value is -0.160.